The van der Waals surface area contributed by atoms with Gasteiger partial charge in [0.25, 0.3) is 5.91 Å². The Kier molecular flexibility index (Phi) is 5.75. The highest BCUT2D eigenvalue weighted by molar-refractivity contribution is 5.96. The zero-order valence-corrected chi connectivity index (χ0v) is 11.8. The average Bonchev–Trinajstić information content (AvgIpc) is 2.41. The molecule has 20 heavy (non-hydrogen) atoms. The van der Waals surface area contributed by atoms with Crippen LogP contribution >= 0.6 is 0 Å². The Morgan fingerprint density at radius 2 is 2.00 bits per heavy atom. The molecular formula is C15H19N3O2. The van der Waals surface area contributed by atoms with E-state index < -0.39 is 5.91 Å². The first-order valence-electron chi connectivity index (χ1n) is 6.36. The summed E-state index contributed by atoms with van der Waals surface area (Å²) in [6, 6.07) is 5.34. The molecule has 0 spiro atoms. The Balaban J connectivity index is 3.08. The van der Waals surface area contributed by atoms with Gasteiger partial charge in [0, 0.05) is 17.7 Å². The molecule has 1 aromatic carbocycles. The number of carbonyl (C=O) groups is 2. The van der Waals surface area contributed by atoms with Gasteiger partial charge in [0.2, 0.25) is 5.91 Å². The quantitative estimate of drug-likeness (QED) is 0.771. The molecule has 0 saturated carbocycles. The third-order valence-electron chi connectivity index (χ3n) is 2.67. The topological polar surface area (TPSA) is 89.4 Å². The zero-order chi connectivity index (χ0) is 15.1. The molecule has 0 aromatic heterocycles. The molecule has 0 aliphatic heterocycles. The number of benzene rings is 1. The van der Waals surface area contributed by atoms with Crippen molar-refractivity contribution in [2.75, 3.05) is 19.6 Å². The highest BCUT2D eigenvalue weighted by atomic mass is 16.2. The summed E-state index contributed by atoms with van der Waals surface area (Å²) < 4.78 is 0. The van der Waals surface area contributed by atoms with E-state index in [9.17, 15) is 9.59 Å². The van der Waals surface area contributed by atoms with Crippen molar-refractivity contribution in [3.8, 4) is 11.8 Å². The van der Waals surface area contributed by atoms with E-state index in [0.717, 1.165) is 11.1 Å². The van der Waals surface area contributed by atoms with Crippen molar-refractivity contribution in [2.24, 2.45) is 11.5 Å². The van der Waals surface area contributed by atoms with Gasteiger partial charge in [-0.25, -0.2) is 0 Å². The summed E-state index contributed by atoms with van der Waals surface area (Å²) in [5.41, 5.74) is 12.6. The predicted octanol–water partition coefficient (Wildman–Crippen LogP) is 0.253. The number of hydrogen-bond donors (Lipinski definition) is 2. The first-order chi connectivity index (χ1) is 9.47. The second-order valence-corrected chi connectivity index (χ2v) is 4.38. The number of primary amides is 1. The van der Waals surface area contributed by atoms with E-state index in [1.54, 1.807) is 19.1 Å². The molecule has 1 rings (SSSR count). The molecule has 0 aliphatic carbocycles. The fourth-order valence-electron chi connectivity index (χ4n) is 1.83. The van der Waals surface area contributed by atoms with Crippen LogP contribution in [0.3, 0.4) is 0 Å². The van der Waals surface area contributed by atoms with E-state index in [-0.39, 0.29) is 19.0 Å². The van der Waals surface area contributed by atoms with Crippen molar-refractivity contribution in [2.45, 2.75) is 13.8 Å². The summed E-state index contributed by atoms with van der Waals surface area (Å²) in [5.74, 6) is 4.89. The molecule has 1 aromatic rings. The van der Waals surface area contributed by atoms with Crippen LogP contribution in [0.25, 0.3) is 0 Å². The smallest absolute Gasteiger partial charge is 0.254 e. The Morgan fingerprint density at radius 1 is 1.30 bits per heavy atom. The molecule has 5 heteroatoms. The second-order valence-electron chi connectivity index (χ2n) is 4.38. The van der Waals surface area contributed by atoms with Gasteiger partial charge >= 0.3 is 0 Å². The lowest BCUT2D eigenvalue weighted by atomic mass is 10.1. The minimum atomic E-state index is -0.531. The number of nitrogens with zero attached hydrogens (tertiary/aromatic N) is 1. The van der Waals surface area contributed by atoms with E-state index in [1.165, 1.54) is 4.90 Å². The Hall–Kier alpha value is -2.32. The lowest BCUT2D eigenvalue weighted by Crippen LogP contribution is -2.38. The van der Waals surface area contributed by atoms with Crippen LogP contribution in [-0.2, 0) is 4.79 Å². The maximum Gasteiger partial charge on any atom is 0.254 e. The molecule has 2 amide bonds. The molecule has 0 fully saturated rings. The summed E-state index contributed by atoms with van der Waals surface area (Å²) in [5, 5.41) is 0. The van der Waals surface area contributed by atoms with Crippen molar-refractivity contribution in [3.05, 3.63) is 34.9 Å². The lowest BCUT2D eigenvalue weighted by molar-refractivity contribution is -0.118. The summed E-state index contributed by atoms with van der Waals surface area (Å²) in [7, 11) is 0. The van der Waals surface area contributed by atoms with Crippen LogP contribution in [0.15, 0.2) is 18.2 Å². The molecule has 106 valence electrons. The fourth-order valence-corrected chi connectivity index (χ4v) is 1.83. The minimum Gasteiger partial charge on any atom is -0.368 e. The van der Waals surface area contributed by atoms with Crippen LogP contribution in [0, 0.1) is 18.8 Å². The van der Waals surface area contributed by atoms with Gasteiger partial charge in [-0.15, -0.1) is 0 Å². The fraction of sp³-hybridized carbons (Fsp3) is 0.333. The summed E-state index contributed by atoms with van der Waals surface area (Å²) in [6.45, 7) is 4.27. The number of likely N-dealkylation sites (N-methyl/N-ethyl adjacent to an activating group) is 1. The van der Waals surface area contributed by atoms with Gasteiger partial charge in [-0.05, 0) is 37.6 Å². The van der Waals surface area contributed by atoms with E-state index in [1.807, 2.05) is 13.0 Å². The SMILES string of the molecule is CCN(CC(N)=O)C(=O)c1cc(C)cc(C#CCN)c1. The molecular weight excluding hydrogens is 254 g/mol. The third-order valence-corrected chi connectivity index (χ3v) is 2.67. The van der Waals surface area contributed by atoms with Gasteiger partial charge in [0.15, 0.2) is 0 Å². The molecule has 0 saturated heterocycles. The number of carbonyl (C=O) groups excluding carboxylic acids is 2. The number of hydrogen-bond acceptors (Lipinski definition) is 3. The molecule has 4 N–H and O–H groups in total. The molecule has 0 heterocycles. The summed E-state index contributed by atoms with van der Waals surface area (Å²) in [4.78, 5) is 24.7. The van der Waals surface area contributed by atoms with Gasteiger partial charge in [-0.3, -0.25) is 9.59 Å². The third kappa shape index (κ3) is 4.41. The van der Waals surface area contributed by atoms with Gasteiger partial charge in [0.05, 0.1) is 13.1 Å². The first kappa shape index (κ1) is 15.7. The normalized spacial score (nSPS) is 9.55. The van der Waals surface area contributed by atoms with Crippen molar-refractivity contribution in [1.82, 2.24) is 4.90 Å². The van der Waals surface area contributed by atoms with E-state index >= 15 is 0 Å². The summed E-state index contributed by atoms with van der Waals surface area (Å²) in [6.07, 6.45) is 0. The van der Waals surface area contributed by atoms with E-state index in [4.69, 9.17) is 11.5 Å². The van der Waals surface area contributed by atoms with Crippen molar-refractivity contribution >= 4 is 11.8 Å². The van der Waals surface area contributed by atoms with Crippen molar-refractivity contribution in [3.63, 3.8) is 0 Å². The Labute approximate surface area is 118 Å². The van der Waals surface area contributed by atoms with Crippen molar-refractivity contribution < 1.29 is 9.59 Å². The minimum absolute atomic E-state index is 0.0902. The van der Waals surface area contributed by atoms with Crippen LogP contribution in [0.4, 0.5) is 0 Å². The average molecular weight is 273 g/mol. The maximum absolute atomic E-state index is 12.3. The highest BCUT2D eigenvalue weighted by Crippen LogP contribution is 2.11. The number of rotatable bonds is 4. The second kappa shape index (κ2) is 7.31. The van der Waals surface area contributed by atoms with Crippen LogP contribution in [0.2, 0.25) is 0 Å². The molecule has 0 aliphatic rings. The number of amides is 2. The molecule has 5 nitrogen and oxygen atoms in total. The van der Waals surface area contributed by atoms with E-state index in [2.05, 4.69) is 11.8 Å². The molecule has 0 atom stereocenters. The van der Waals surface area contributed by atoms with Crippen molar-refractivity contribution in [1.29, 1.82) is 0 Å². The largest absolute Gasteiger partial charge is 0.368 e. The molecule has 0 bridgehead atoms. The maximum atomic E-state index is 12.3. The van der Waals surface area contributed by atoms with Crippen LogP contribution in [-0.4, -0.2) is 36.3 Å². The Morgan fingerprint density at radius 3 is 2.55 bits per heavy atom. The monoisotopic (exact) mass is 273 g/mol. The summed E-state index contributed by atoms with van der Waals surface area (Å²) >= 11 is 0. The van der Waals surface area contributed by atoms with Gasteiger partial charge in [-0.1, -0.05) is 11.8 Å². The van der Waals surface area contributed by atoms with Gasteiger partial charge < -0.3 is 16.4 Å². The molecule has 0 unspecified atom stereocenters. The van der Waals surface area contributed by atoms with E-state index in [0.29, 0.717) is 12.1 Å². The van der Waals surface area contributed by atoms with Gasteiger partial charge in [0.1, 0.15) is 0 Å². The highest BCUT2D eigenvalue weighted by Gasteiger charge is 2.16. The van der Waals surface area contributed by atoms with Crippen LogP contribution in [0.5, 0.6) is 0 Å². The number of aryl methyl sites for hydroxylation is 1. The predicted molar refractivity (Wildman–Crippen MR) is 77.9 cm³/mol. The van der Waals surface area contributed by atoms with Crippen LogP contribution in [0.1, 0.15) is 28.4 Å². The lowest BCUT2D eigenvalue weighted by Gasteiger charge is -2.19. The first-order valence-corrected chi connectivity index (χ1v) is 6.36. The van der Waals surface area contributed by atoms with Gasteiger partial charge in [-0.2, -0.15) is 0 Å². The van der Waals surface area contributed by atoms with Crippen LogP contribution < -0.4 is 11.5 Å². The Bertz CT molecular complexity index is 570. The molecule has 0 radical (unpaired) electrons. The number of nitrogens with two attached hydrogens (primary N) is 2. The zero-order valence-electron chi connectivity index (χ0n) is 11.8. The standard InChI is InChI=1S/C15H19N3O2/c1-3-18(10-14(17)19)15(20)13-8-11(2)7-12(9-13)5-4-6-16/h7-9H,3,6,10,16H2,1-2H3,(H2,17,19).